The van der Waals surface area contributed by atoms with Crippen molar-refractivity contribution in [2.75, 3.05) is 6.54 Å². The van der Waals surface area contributed by atoms with Crippen molar-refractivity contribution in [2.24, 2.45) is 17.8 Å². The van der Waals surface area contributed by atoms with E-state index in [0.29, 0.717) is 5.92 Å². The van der Waals surface area contributed by atoms with E-state index in [1.54, 1.807) is 6.07 Å². The second-order valence-corrected chi connectivity index (χ2v) is 5.90. The highest BCUT2D eigenvalue weighted by molar-refractivity contribution is 5.25. The van der Waals surface area contributed by atoms with Gasteiger partial charge in [0.05, 0.1) is 0 Å². The average molecular weight is 265 g/mol. The van der Waals surface area contributed by atoms with E-state index in [4.69, 9.17) is 0 Å². The first kappa shape index (κ1) is 13.0. The van der Waals surface area contributed by atoms with Gasteiger partial charge in [-0.25, -0.2) is 8.78 Å². The van der Waals surface area contributed by atoms with Gasteiger partial charge in [0.15, 0.2) is 11.6 Å². The van der Waals surface area contributed by atoms with Gasteiger partial charge >= 0.3 is 0 Å². The van der Waals surface area contributed by atoms with Gasteiger partial charge < -0.3 is 5.32 Å². The molecule has 1 aromatic rings. The molecule has 1 nitrogen and oxygen atoms in total. The largest absolute Gasteiger partial charge is 0.310 e. The van der Waals surface area contributed by atoms with Crippen molar-refractivity contribution >= 4 is 0 Å². The van der Waals surface area contributed by atoms with E-state index in [1.165, 1.54) is 37.8 Å². The third-order valence-corrected chi connectivity index (χ3v) is 4.83. The summed E-state index contributed by atoms with van der Waals surface area (Å²) in [5.41, 5.74) is 0.903. The molecule has 0 bridgehead atoms. The third-order valence-electron chi connectivity index (χ3n) is 4.83. The highest BCUT2D eigenvalue weighted by Crippen LogP contribution is 2.60. The predicted octanol–water partition coefficient (Wildman–Crippen LogP) is 4.05. The fourth-order valence-electron chi connectivity index (χ4n) is 3.94. The van der Waals surface area contributed by atoms with E-state index in [9.17, 15) is 8.78 Å². The summed E-state index contributed by atoms with van der Waals surface area (Å²) in [5.74, 6) is 0.723. The van der Waals surface area contributed by atoms with Crippen LogP contribution in [-0.2, 0) is 0 Å². The van der Waals surface area contributed by atoms with E-state index in [0.717, 1.165) is 23.9 Å². The topological polar surface area (TPSA) is 12.0 Å². The molecule has 2 aliphatic rings. The van der Waals surface area contributed by atoms with Gasteiger partial charge in [0.1, 0.15) is 0 Å². The van der Waals surface area contributed by atoms with Gasteiger partial charge in [-0.3, -0.25) is 0 Å². The average Bonchev–Trinajstić information content (AvgIpc) is 3.13. The normalized spacial score (nSPS) is 30.8. The number of hydrogen-bond acceptors (Lipinski definition) is 1. The van der Waals surface area contributed by atoms with Crippen molar-refractivity contribution in [3.05, 3.63) is 35.4 Å². The maximum absolute atomic E-state index is 13.4. The first-order chi connectivity index (χ1) is 9.22. The van der Waals surface area contributed by atoms with E-state index in [-0.39, 0.29) is 6.04 Å². The first-order valence-corrected chi connectivity index (χ1v) is 7.40. The molecular formula is C16H21F2N. The van der Waals surface area contributed by atoms with Crippen LogP contribution in [0.25, 0.3) is 0 Å². The lowest BCUT2D eigenvalue weighted by molar-refractivity contribution is 0.448. The van der Waals surface area contributed by atoms with Crippen LogP contribution in [0, 0.1) is 29.4 Å². The van der Waals surface area contributed by atoms with Gasteiger partial charge in [-0.05, 0) is 54.8 Å². The smallest absolute Gasteiger partial charge is 0.159 e. The molecule has 0 heterocycles. The molecule has 104 valence electrons. The molecule has 1 N–H and O–H groups in total. The summed E-state index contributed by atoms with van der Waals surface area (Å²) >= 11 is 0. The highest BCUT2D eigenvalue weighted by atomic mass is 19.2. The maximum atomic E-state index is 13.4. The van der Waals surface area contributed by atoms with E-state index < -0.39 is 11.6 Å². The Hall–Kier alpha value is -0.960. The molecule has 0 spiro atoms. The van der Waals surface area contributed by atoms with Gasteiger partial charge in [-0.1, -0.05) is 25.8 Å². The molecule has 19 heavy (non-hydrogen) atoms. The summed E-state index contributed by atoms with van der Waals surface area (Å²) in [5, 5.41) is 3.47. The lowest BCUT2D eigenvalue weighted by Gasteiger charge is -2.19. The molecule has 0 radical (unpaired) electrons. The molecule has 3 atom stereocenters. The van der Waals surface area contributed by atoms with Crippen LogP contribution in [0.3, 0.4) is 0 Å². The molecule has 2 aliphatic carbocycles. The lowest BCUT2D eigenvalue weighted by atomic mass is 9.99. The van der Waals surface area contributed by atoms with Gasteiger partial charge in [0.25, 0.3) is 0 Å². The van der Waals surface area contributed by atoms with Crippen LogP contribution in [0.15, 0.2) is 18.2 Å². The number of nitrogens with one attached hydrogen (secondary N) is 1. The lowest BCUT2D eigenvalue weighted by Crippen LogP contribution is -2.24. The molecule has 2 fully saturated rings. The van der Waals surface area contributed by atoms with Crippen molar-refractivity contribution in [3.63, 3.8) is 0 Å². The maximum Gasteiger partial charge on any atom is 0.159 e. The Bertz CT molecular complexity index is 448. The van der Waals surface area contributed by atoms with Crippen molar-refractivity contribution in [1.29, 1.82) is 0 Å². The predicted molar refractivity (Wildman–Crippen MR) is 71.7 cm³/mol. The number of hydrogen-bond donors (Lipinski definition) is 1. The van der Waals surface area contributed by atoms with Crippen LogP contribution in [0.2, 0.25) is 0 Å². The van der Waals surface area contributed by atoms with Crippen LogP contribution in [0.4, 0.5) is 8.78 Å². The second-order valence-electron chi connectivity index (χ2n) is 5.90. The monoisotopic (exact) mass is 265 g/mol. The van der Waals surface area contributed by atoms with Gasteiger partial charge in [0.2, 0.25) is 0 Å². The van der Waals surface area contributed by atoms with Crippen molar-refractivity contribution in [1.82, 2.24) is 5.32 Å². The second kappa shape index (κ2) is 5.20. The molecule has 0 saturated heterocycles. The molecule has 1 aromatic carbocycles. The summed E-state index contributed by atoms with van der Waals surface area (Å²) in [7, 11) is 0. The molecule has 2 saturated carbocycles. The van der Waals surface area contributed by atoms with Crippen LogP contribution in [0.5, 0.6) is 0 Å². The zero-order valence-corrected chi connectivity index (χ0v) is 11.3. The van der Waals surface area contributed by atoms with Crippen LogP contribution < -0.4 is 5.32 Å². The number of benzene rings is 1. The first-order valence-electron chi connectivity index (χ1n) is 7.40. The Morgan fingerprint density at radius 3 is 2.42 bits per heavy atom. The molecule has 0 aliphatic heterocycles. The van der Waals surface area contributed by atoms with Gasteiger partial charge in [-0.2, -0.15) is 0 Å². The Balaban J connectivity index is 1.82. The van der Waals surface area contributed by atoms with Crippen LogP contribution >= 0.6 is 0 Å². The zero-order valence-electron chi connectivity index (χ0n) is 11.3. The summed E-state index contributed by atoms with van der Waals surface area (Å²) in [6.45, 7) is 2.93. The highest BCUT2D eigenvalue weighted by Gasteiger charge is 2.54. The minimum absolute atomic E-state index is 0.188. The zero-order chi connectivity index (χ0) is 13.4. The number of rotatable bonds is 4. The van der Waals surface area contributed by atoms with Crippen molar-refractivity contribution < 1.29 is 8.78 Å². The SMILES string of the molecule is CCNC(c1ccc(F)c(F)c1)C1C2CCCCC21. The minimum atomic E-state index is -0.757. The summed E-state index contributed by atoms with van der Waals surface area (Å²) in [6, 6.07) is 4.54. The van der Waals surface area contributed by atoms with Gasteiger partial charge in [0, 0.05) is 6.04 Å². The summed E-state index contributed by atoms with van der Waals surface area (Å²) < 4.78 is 26.5. The van der Waals surface area contributed by atoms with Crippen LogP contribution in [0.1, 0.15) is 44.2 Å². The molecule has 3 heteroatoms. The summed E-state index contributed by atoms with van der Waals surface area (Å²) in [4.78, 5) is 0. The van der Waals surface area contributed by atoms with Crippen molar-refractivity contribution in [3.8, 4) is 0 Å². The quantitative estimate of drug-likeness (QED) is 0.866. The molecule has 0 amide bonds. The van der Waals surface area contributed by atoms with Crippen LogP contribution in [-0.4, -0.2) is 6.54 Å². The Morgan fingerprint density at radius 2 is 1.84 bits per heavy atom. The molecule has 3 unspecified atom stereocenters. The summed E-state index contributed by atoms with van der Waals surface area (Å²) in [6.07, 6.45) is 5.27. The molecule has 3 rings (SSSR count). The van der Waals surface area contributed by atoms with E-state index >= 15 is 0 Å². The standard InChI is InChI=1S/C16H21F2N/c1-2-19-16(10-7-8-13(17)14(18)9-10)15-11-5-3-4-6-12(11)15/h7-9,11-12,15-16,19H,2-6H2,1H3. The number of halogens is 2. The minimum Gasteiger partial charge on any atom is -0.310 e. The molecule has 0 aromatic heterocycles. The number of fused-ring (bicyclic) bond motifs is 1. The fourth-order valence-corrected chi connectivity index (χ4v) is 3.94. The Kier molecular flexibility index (Phi) is 3.57. The van der Waals surface area contributed by atoms with Crippen molar-refractivity contribution in [2.45, 2.75) is 38.6 Å². The van der Waals surface area contributed by atoms with E-state index in [2.05, 4.69) is 12.2 Å². The Morgan fingerprint density at radius 1 is 1.16 bits per heavy atom. The van der Waals surface area contributed by atoms with E-state index in [1.807, 2.05) is 0 Å². The van der Waals surface area contributed by atoms with Gasteiger partial charge in [-0.15, -0.1) is 0 Å². The Labute approximate surface area is 113 Å². The molecular weight excluding hydrogens is 244 g/mol. The fraction of sp³-hybridized carbons (Fsp3) is 0.625. The third kappa shape index (κ3) is 2.40.